The summed E-state index contributed by atoms with van der Waals surface area (Å²) in [5.74, 6) is 1.36. The lowest BCUT2D eigenvalue weighted by molar-refractivity contribution is 0.173. The first-order valence-corrected chi connectivity index (χ1v) is 6.60. The number of hydrogen-bond donors (Lipinski definition) is 1. The summed E-state index contributed by atoms with van der Waals surface area (Å²) in [4.78, 5) is 0. The van der Waals surface area contributed by atoms with E-state index in [9.17, 15) is 5.11 Å². The van der Waals surface area contributed by atoms with Crippen molar-refractivity contribution in [3.8, 4) is 11.5 Å². The second-order valence-corrected chi connectivity index (χ2v) is 4.75. The maximum atomic E-state index is 10.5. The van der Waals surface area contributed by atoms with Gasteiger partial charge in [0.1, 0.15) is 11.5 Å². The summed E-state index contributed by atoms with van der Waals surface area (Å²) >= 11 is 0. The Morgan fingerprint density at radius 1 is 1.05 bits per heavy atom. The molecule has 0 fully saturated rings. The zero-order valence-electron chi connectivity index (χ0n) is 12.1. The molecule has 20 heavy (non-hydrogen) atoms. The van der Waals surface area contributed by atoms with E-state index in [0.717, 1.165) is 11.1 Å². The van der Waals surface area contributed by atoms with Crippen molar-refractivity contribution in [1.82, 2.24) is 0 Å². The molecule has 1 atom stereocenters. The number of aliphatic hydroxyl groups is 1. The van der Waals surface area contributed by atoms with Gasteiger partial charge in [0.25, 0.3) is 0 Å². The fraction of sp³-hybridized carbons (Fsp3) is 0.294. The number of aliphatic hydroxyl groups excluding tert-OH is 1. The van der Waals surface area contributed by atoms with Crippen molar-refractivity contribution in [3.05, 3.63) is 59.2 Å². The van der Waals surface area contributed by atoms with Crippen LogP contribution < -0.4 is 9.47 Å². The predicted octanol–water partition coefficient (Wildman–Crippen LogP) is 3.29. The minimum absolute atomic E-state index is 0.565. The van der Waals surface area contributed by atoms with Crippen LogP contribution in [0.15, 0.2) is 42.5 Å². The minimum Gasteiger partial charge on any atom is -0.497 e. The van der Waals surface area contributed by atoms with Crippen LogP contribution in [0.3, 0.4) is 0 Å². The molecule has 2 aromatic rings. The molecule has 0 heterocycles. The first kappa shape index (κ1) is 14.4. The van der Waals surface area contributed by atoms with Crippen LogP contribution in [-0.2, 0) is 6.42 Å². The highest BCUT2D eigenvalue weighted by atomic mass is 16.5. The minimum atomic E-state index is -0.600. The van der Waals surface area contributed by atoms with Gasteiger partial charge in [-0.3, -0.25) is 0 Å². The molecule has 3 nitrogen and oxygen atoms in total. The highest BCUT2D eigenvalue weighted by molar-refractivity contribution is 5.42. The van der Waals surface area contributed by atoms with Gasteiger partial charge in [0.05, 0.1) is 20.3 Å². The Bertz CT molecular complexity index is 578. The Hall–Kier alpha value is -2.00. The van der Waals surface area contributed by atoms with Gasteiger partial charge in [-0.25, -0.2) is 0 Å². The third kappa shape index (κ3) is 3.11. The van der Waals surface area contributed by atoms with Gasteiger partial charge in [0.15, 0.2) is 0 Å². The van der Waals surface area contributed by atoms with Crippen molar-refractivity contribution >= 4 is 0 Å². The van der Waals surface area contributed by atoms with Crippen LogP contribution in [0.1, 0.15) is 22.8 Å². The summed E-state index contributed by atoms with van der Waals surface area (Å²) in [5.41, 5.74) is 3.09. The molecule has 106 valence electrons. The van der Waals surface area contributed by atoms with E-state index in [1.165, 1.54) is 5.56 Å². The molecule has 0 aromatic heterocycles. The molecule has 1 unspecified atom stereocenters. The van der Waals surface area contributed by atoms with E-state index in [-0.39, 0.29) is 0 Å². The molecule has 0 radical (unpaired) electrons. The Labute approximate surface area is 119 Å². The highest BCUT2D eigenvalue weighted by Crippen LogP contribution is 2.31. The molecule has 0 saturated heterocycles. The third-order valence-electron chi connectivity index (χ3n) is 3.47. The predicted molar refractivity (Wildman–Crippen MR) is 79.4 cm³/mol. The zero-order chi connectivity index (χ0) is 14.5. The molecule has 0 aliphatic rings. The number of ether oxygens (including phenoxy) is 2. The summed E-state index contributed by atoms with van der Waals surface area (Å²) in [6, 6.07) is 13.5. The van der Waals surface area contributed by atoms with Gasteiger partial charge < -0.3 is 14.6 Å². The molecule has 0 aliphatic carbocycles. The number of rotatable bonds is 5. The topological polar surface area (TPSA) is 38.7 Å². The van der Waals surface area contributed by atoms with E-state index in [2.05, 4.69) is 0 Å². The van der Waals surface area contributed by atoms with E-state index in [1.807, 2.05) is 43.3 Å². The smallest absolute Gasteiger partial charge is 0.128 e. The lowest BCUT2D eigenvalue weighted by Gasteiger charge is -2.16. The summed E-state index contributed by atoms with van der Waals surface area (Å²) in [6.07, 6.45) is -0.0352. The number of methoxy groups -OCH3 is 2. The molecule has 0 bridgehead atoms. The first-order valence-electron chi connectivity index (χ1n) is 6.60. The van der Waals surface area contributed by atoms with Gasteiger partial charge in [0.2, 0.25) is 0 Å². The van der Waals surface area contributed by atoms with Crippen LogP contribution in [0.25, 0.3) is 0 Å². The molecule has 1 N–H and O–H groups in total. The average molecular weight is 272 g/mol. The standard InChI is InChI=1S/C17H20O3/c1-12-6-4-5-7-13(12)10-16(18)15-9-8-14(19-2)11-17(15)20-3/h4-9,11,16,18H,10H2,1-3H3. The highest BCUT2D eigenvalue weighted by Gasteiger charge is 2.15. The van der Waals surface area contributed by atoms with Crippen LogP contribution in [0, 0.1) is 6.92 Å². The SMILES string of the molecule is COc1ccc(C(O)Cc2ccccc2C)c(OC)c1. The second kappa shape index (κ2) is 6.44. The largest absolute Gasteiger partial charge is 0.497 e. The van der Waals surface area contributed by atoms with E-state index >= 15 is 0 Å². The fourth-order valence-electron chi connectivity index (χ4n) is 2.25. The van der Waals surface area contributed by atoms with E-state index in [0.29, 0.717) is 17.9 Å². The molecule has 0 saturated carbocycles. The molecule has 2 rings (SSSR count). The van der Waals surface area contributed by atoms with Gasteiger partial charge in [-0.2, -0.15) is 0 Å². The van der Waals surface area contributed by atoms with Crippen LogP contribution in [0.4, 0.5) is 0 Å². The molecular formula is C17H20O3. The van der Waals surface area contributed by atoms with E-state index in [4.69, 9.17) is 9.47 Å². The number of hydrogen-bond acceptors (Lipinski definition) is 3. The molecule has 0 aliphatic heterocycles. The Morgan fingerprint density at radius 2 is 1.80 bits per heavy atom. The third-order valence-corrected chi connectivity index (χ3v) is 3.47. The molecule has 3 heteroatoms. The summed E-state index contributed by atoms with van der Waals surface area (Å²) in [5, 5.41) is 10.5. The van der Waals surface area contributed by atoms with Gasteiger partial charge in [0, 0.05) is 18.1 Å². The van der Waals surface area contributed by atoms with Crippen LogP contribution in [0.5, 0.6) is 11.5 Å². The zero-order valence-corrected chi connectivity index (χ0v) is 12.1. The normalized spacial score (nSPS) is 12.0. The number of benzene rings is 2. The van der Waals surface area contributed by atoms with E-state index in [1.54, 1.807) is 20.3 Å². The average Bonchev–Trinajstić information content (AvgIpc) is 2.48. The van der Waals surface area contributed by atoms with Crippen molar-refractivity contribution in [3.63, 3.8) is 0 Å². The van der Waals surface area contributed by atoms with Crippen molar-refractivity contribution < 1.29 is 14.6 Å². The lowest BCUT2D eigenvalue weighted by Crippen LogP contribution is -2.05. The van der Waals surface area contributed by atoms with Crippen molar-refractivity contribution in [1.29, 1.82) is 0 Å². The molecule has 0 amide bonds. The van der Waals surface area contributed by atoms with Crippen molar-refractivity contribution in [2.75, 3.05) is 14.2 Å². The molecule has 0 spiro atoms. The Kier molecular flexibility index (Phi) is 4.64. The monoisotopic (exact) mass is 272 g/mol. The Balaban J connectivity index is 2.25. The second-order valence-electron chi connectivity index (χ2n) is 4.75. The first-order chi connectivity index (χ1) is 9.65. The number of aryl methyl sites for hydroxylation is 1. The van der Waals surface area contributed by atoms with Crippen LogP contribution >= 0.6 is 0 Å². The van der Waals surface area contributed by atoms with Gasteiger partial charge >= 0.3 is 0 Å². The molecule has 2 aromatic carbocycles. The van der Waals surface area contributed by atoms with Crippen molar-refractivity contribution in [2.24, 2.45) is 0 Å². The molecular weight excluding hydrogens is 252 g/mol. The lowest BCUT2D eigenvalue weighted by atomic mass is 9.97. The van der Waals surface area contributed by atoms with Gasteiger partial charge in [-0.05, 0) is 30.2 Å². The summed E-state index contributed by atoms with van der Waals surface area (Å²) in [7, 11) is 3.21. The van der Waals surface area contributed by atoms with Crippen molar-refractivity contribution in [2.45, 2.75) is 19.4 Å². The summed E-state index contributed by atoms with van der Waals surface area (Å²) < 4.78 is 10.5. The quantitative estimate of drug-likeness (QED) is 0.907. The summed E-state index contributed by atoms with van der Waals surface area (Å²) in [6.45, 7) is 2.05. The Morgan fingerprint density at radius 3 is 2.45 bits per heavy atom. The maximum absolute atomic E-state index is 10.5. The van der Waals surface area contributed by atoms with Crippen LogP contribution in [0.2, 0.25) is 0 Å². The maximum Gasteiger partial charge on any atom is 0.128 e. The van der Waals surface area contributed by atoms with Gasteiger partial charge in [-0.1, -0.05) is 24.3 Å². The van der Waals surface area contributed by atoms with Gasteiger partial charge in [-0.15, -0.1) is 0 Å². The van der Waals surface area contributed by atoms with E-state index < -0.39 is 6.10 Å². The fourth-order valence-corrected chi connectivity index (χ4v) is 2.25. The van der Waals surface area contributed by atoms with Crippen LogP contribution in [-0.4, -0.2) is 19.3 Å².